The van der Waals surface area contributed by atoms with Crippen LogP contribution in [0, 0.1) is 5.82 Å². The van der Waals surface area contributed by atoms with Crippen LogP contribution in [0.3, 0.4) is 0 Å². The maximum absolute atomic E-state index is 13.1. The van der Waals surface area contributed by atoms with E-state index in [9.17, 15) is 9.18 Å². The van der Waals surface area contributed by atoms with Crippen LogP contribution in [0.25, 0.3) is 10.8 Å². The second kappa shape index (κ2) is 7.64. The smallest absolute Gasteiger partial charge is 0.238 e. The summed E-state index contributed by atoms with van der Waals surface area (Å²) in [5, 5.41) is 5.52. The number of nitrogens with one attached hydrogen (secondary N) is 3. The SMILES string of the molecule is O=C(NCc1ccc(F)cc1Cl)C1CC(c2cccc3ccccc23)NN1. The molecule has 1 fully saturated rings. The summed E-state index contributed by atoms with van der Waals surface area (Å²) >= 11 is 6.01. The Kier molecular flexibility index (Phi) is 5.07. The zero-order valence-corrected chi connectivity index (χ0v) is 15.3. The molecule has 1 heterocycles. The third-order valence-electron chi connectivity index (χ3n) is 4.89. The Hall–Kier alpha value is -2.47. The van der Waals surface area contributed by atoms with Crippen LogP contribution in [-0.2, 0) is 11.3 Å². The van der Waals surface area contributed by atoms with Gasteiger partial charge >= 0.3 is 0 Å². The number of carbonyl (C=O) groups excluding carboxylic acids is 1. The van der Waals surface area contributed by atoms with Gasteiger partial charge in [-0.05, 0) is 40.5 Å². The van der Waals surface area contributed by atoms with Crippen molar-refractivity contribution in [1.82, 2.24) is 16.2 Å². The topological polar surface area (TPSA) is 53.2 Å². The fourth-order valence-electron chi connectivity index (χ4n) is 3.46. The molecule has 1 saturated heterocycles. The number of carbonyl (C=O) groups is 1. The van der Waals surface area contributed by atoms with Gasteiger partial charge in [-0.15, -0.1) is 0 Å². The van der Waals surface area contributed by atoms with E-state index >= 15 is 0 Å². The average Bonchev–Trinajstić information content (AvgIpc) is 3.17. The molecular weight excluding hydrogens is 365 g/mol. The molecule has 0 aliphatic carbocycles. The lowest BCUT2D eigenvalue weighted by Crippen LogP contribution is -2.42. The van der Waals surface area contributed by atoms with Crippen LogP contribution in [0.5, 0.6) is 0 Å². The van der Waals surface area contributed by atoms with Crippen LogP contribution in [0.2, 0.25) is 5.02 Å². The molecule has 3 aromatic rings. The second-order valence-electron chi connectivity index (χ2n) is 6.65. The summed E-state index contributed by atoms with van der Waals surface area (Å²) in [7, 11) is 0. The Balaban J connectivity index is 1.42. The van der Waals surface area contributed by atoms with E-state index in [0.717, 1.165) is 5.56 Å². The molecule has 1 aliphatic rings. The van der Waals surface area contributed by atoms with Gasteiger partial charge in [-0.25, -0.2) is 15.2 Å². The monoisotopic (exact) mass is 383 g/mol. The largest absolute Gasteiger partial charge is 0.351 e. The molecule has 4 rings (SSSR count). The van der Waals surface area contributed by atoms with Crippen molar-refractivity contribution in [3.8, 4) is 0 Å². The maximum Gasteiger partial charge on any atom is 0.238 e. The number of hydrazine groups is 1. The molecule has 2 unspecified atom stereocenters. The molecule has 3 aromatic carbocycles. The minimum absolute atomic E-state index is 0.0428. The van der Waals surface area contributed by atoms with Crippen molar-refractivity contribution in [3.05, 3.63) is 82.6 Å². The summed E-state index contributed by atoms with van der Waals surface area (Å²) in [6, 6.07) is 18.3. The Morgan fingerprint density at radius 3 is 2.78 bits per heavy atom. The lowest BCUT2D eigenvalue weighted by molar-refractivity contribution is -0.123. The van der Waals surface area contributed by atoms with Crippen molar-refractivity contribution in [2.75, 3.05) is 0 Å². The summed E-state index contributed by atoms with van der Waals surface area (Å²) in [5.74, 6) is -0.514. The first-order valence-corrected chi connectivity index (χ1v) is 9.20. The molecule has 0 aromatic heterocycles. The summed E-state index contributed by atoms with van der Waals surface area (Å²) in [5.41, 5.74) is 8.15. The van der Waals surface area contributed by atoms with Crippen LogP contribution >= 0.6 is 11.6 Å². The van der Waals surface area contributed by atoms with Crippen molar-refractivity contribution < 1.29 is 9.18 Å². The van der Waals surface area contributed by atoms with E-state index < -0.39 is 5.82 Å². The van der Waals surface area contributed by atoms with Gasteiger partial charge in [0.05, 0.1) is 0 Å². The Bertz CT molecular complexity index is 989. The summed E-state index contributed by atoms with van der Waals surface area (Å²) in [4.78, 5) is 12.5. The standard InChI is InChI=1S/C21H19ClFN3O/c22-18-10-15(23)9-8-14(18)12-24-21(27)20-11-19(25-26-20)17-7-3-5-13-4-1-2-6-16(13)17/h1-10,19-20,25-26H,11-12H2,(H,24,27). The van der Waals surface area contributed by atoms with E-state index in [-0.39, 0.29) is 24.5 Å². The van der Waals surface area contributed by atoms with E-state index in [0.29, 0.717) is 17.0 Å². The van der Waals surface area contributed by atoms with Crippen LogP contribution in [0.4, 0.5) is 4.39 Å². The van der Waals surface area contributed by atoms with Crippen LogP contribution in [-0.4, -0.2) is 11.9 Å². The van der Waals surface area contributed by atoms with Crippen molar-refractivity contribution >= 4 is 28.3 Å². The first-order valence-electron chi connectivity index (χ1n) is 8.82. The quantitative estimate of drug-likeness (QED) is 0.641. The predicted octanol–water partition coefficient (Wildman–Crippen LogP) is 3.86. The average molecular weight is 384 g/mol. The Morgan fingerprint density at radius 1 is 1.11 bits per heavy atom. The number of fused-ring (bicyclic) bond motifs is 1. The van der Waals surface area contributed by atoms with Gasteiger partial charge in [0, 0.05) is 17.6 Å². The maximum atomic E-state index is 13.1. The van der Waals surface area contributed by atoms with Crippen LogP contribution < -0.4 is 16.2 Å². The molecule has 6 heteroatoms. The fraction of sp³-hybridized carbons (Fsp3) is 0.190. The molecular formula is C21H19ClFN3O. The van der Waals surface area contributed by atoms with Gasteiger partial charge in [0.1, 0.15) is 11.9 Å². The lowest BCUT2D eigenvalue weighted by Gasteiger charge is -2.13. The van der Waals surface area contributed by atoms with Crippen LogP contribution in [0.15, 0.2) is 60.7 Å². The zero-order chi connectivity index (χ0) is 18.8. The normalized spacial score (nSPS) is 19.3. The third kappa shape index (κ3) is 3.81. The number of halogens is 2. The van der Waals surface area contributed by atoms with Gasteiger partial charge in [0.15, 0.2) is 0 Å². The van der Waals surface area contributed by atoms with Gasteiger partial charge in [0.2, 0.25) is 5.91 Å². The van der Waals surface area contributed by atoms with Gasteiger partial charge in [-0.1, -0.05) is 60.1 Å². The highest BCUT2D eigenvalue weighted by Gasteiger charge is 2.30. The van der Waals surface area contributed by atoms with E-state index in [1.165, 1.54) is 22.9 Å². The lowest BCUT2D eigenvalue weighted by atomic mass is 9.96. The van der Waals surface area contributed by atoms with Crippen molar-refractivity contribution in [3.63, 3.8) is 0 Å². The minimum Gasteiger partial charge on any atom is -0.351 e. The number of hydrogen-bond acceptors (Lipinski definition) is 3. The fourth-order valence-corrected chi connectivity index (χ4v) is 3.69. The molecule has 1 amide bonds. The molecule has 0 bridgehead atoms. The molecule has 0 radical (unpaired) electrons. The van der Waals surface area contributed by atoms with Crippen molar-refractivity contribution in [2.45, 2.75) is 25.0 Å². The number of rotatable bonds is 4. The van der Waals surface area contributed by atoms with Gasteiger partial charge in [-0.2, -0.15) is 0 Å². The third-order valence-corrected chi connectivity index (χ3v) is 5.24. The van der Waals surface area contributed by atoms with E-state index in [2.05, 4.69) is 40.4 Å². The zero-order valence-electron chi connectivity index (χ0n) is 14.5. The van der Waals surface area contributed by atoms with E-state index in [4.69, 9.17) is 11.6 Å². The number of amides is 1. The molecule has 1 aliphatic heterocycles. The summed E-state index contributed by atoms with van der Waals surface area (Å²) in [6.45, 7) is 0.259. The molecule has 2 atom stereocenters. The molecule has 0 saturated carbocycles. The van der Waals surface area contributed by atoms with Crippen molar-refractivity contribution in [1.29, 1.82) is 0 Å². The predicted molar refractivity (Wildman–Crippen MR) is 105 cm³/mol. The van der Waals surface area contributed by atoms with E-state index in [1.54, 1.807) is 6.07 Å². The Morgan fingerprint density at radius 2 is 1.93 bits per heavy atom. The summed E-state index contributed by atoms with van der Waals surface area (Å²) in [6.07, 6.45) is 0.636. The van der Waals surface area contributed by atoms with Gasteiger partial charge in [-0.3, -0.25) is 4.79 Å². The highest BCUT2D eigenvalue weighted by molar-refractivity contribution is 6.31. The molecule has 0 spiro atoms. The molecule has 4 nitrogen and oxygen atoms in total. The highest BCUT2D eigenvalue weighted by atomic mass is 35.5. The molecule has 138 valence electrons. The summed E-state index contributed by atoms with van der Waals surface area (Å²) < 4.78 is 13.1. The number of benzene rings is 3. The molecule has 27 heavy (non-hydrogen) atoms. The number of hydrogen-bond donors (Lipinski definition) is 3. The van der Waals surface area contributed by atoms with Crippen LogP contribution in [0.1, 0.15) is 23.6 Å². The molecule has 3 N–H and O–H groups in total. The second-order valence-corrected chi connectivity index (χ2v) is 7.06. The minimum atomic E-state index is -0.394. The van der Waals surface area contributed by atoms with E-state index in [1.807, 2.05) is 18.2 Å². The van der Waals surface area contributed by atoms with Crippen molar-refractivity contribution in [2.24, 2.45) is 0 Å². The van der Waals surface area contributed by atoms with Gasteiger partial charge in [0.25, 0.3) is 0 Å². The Labute approximate surface area is 161 Å². The first kappa shape index (κ1) is 17.9. The van der Waals surface area contributed by atoms with Gasteiger partial charge < -0.3 is 5.32 Å². The highest BCUT2D eigenvalue weighted by Crippen LogP contribution is 2.29. The first-order chi connectivity index (χ1) is 13.1.